The normalized spacial score (nSPS) is 12.0. The predicted molar refractivity (Wildman–Crippen MR) is 99.0 cm³/mol. The van der Waals surface area contributed by atoms with Gasteiger partial charge in [-0.2, -0.15) is 4.37 Å². The van der Waals surface area contributed by atoms with Crippen LogP contribution < -0.4 is 22.1 Å². The molecule has 2 rings (SSSR count). The smallest absolute Gasteiger partial charge is 0.269 e. The van der Waals surface area contributed by atoms with Crippen molar-refractivity contribution >= 4 is 39.7 Å². The van der Waals surface area contributed by atoms with Crippen LogP contribution in [0.2, 0.25) is 0 Å². The molecule has 0 bridgehead atoms. The minimum absolute atomic E-state index is 0.00154. The molecule has 2 heterocycles. The fraction of sp³-hybridized carbons (Fsp3) is 0.375. The number of carbonyl (C=O) groups excluding carboxylic acids is 2. The summed E-state index contributed by atoms with van der Waals surface area (Å²) in [6, 6.07) is 3.02. The van der Waals surface area contributed by atoms with Crippen LogP contribution in [0.4, 0.5) is 16.4 Å². The van der Waals surface area contributed by atoms with Gasteiger partial charge in [-0.15, -0.1) is 0 Å². The molecule has 2 aromatic rings. The highest BCUT2D eigenvalue weighted by Gasteiger charge is 2.20. The van der Waals surface area contributed by atoms with Crippen molar-refractivity contribution < 1.29 is 9.59 Å². The van der Waals surface area contributed by atoms with E-state index in [9.17, 15) is 9.59 Å². The molecule has 8 nitrogen and oxygen atoms in total. The highest BCUT2D eigenvalue weighted by Crippen LogP contribution is 2.26. The molecule has 0 aliphatic heterocycles. The number of pyridine rings is 1. The molecule has 134 valence electrons. The van der Waals surface area contributed by atoms with E-state index in [4.69, 9.17) is 11.5 Å². The Morgan fingerprint density at radius 1 is 1.28 bits per heavy atom. The molecule has 0 fully saturated rings. The molecule has 1 atom stereocenters. The lowest BCUT2D eigenvalue weighted by Gasteiger charge is -2.20. The minimum Gasteiger partial charge on any atom is -0.372 e. The van der Waals surface area contributed by atoms with Gasteiger partial charge in [-0.3, -0.25) is 9.59 Å². The van der Waals surface area contributed by atoms with Crippen molar-refractivity contribution in [3.05, 3.63) is 29.7 Å². The number of hydrogen-bond donors (Lipinski definition) is 4. The third-order valence-electron chi connectivity index (χ3n) is 3.60. The van der Waals surface area contributed by atoms with Crippen LogP contribution in [-0.2, 0) is 11.2 Å². The van der Waals surface area contributed by atoms with Crippen LogP contribution in [0.3, 0.4) is 0 Å². The number of nitrogens with two attached hydrogens (primary N) is 2. The number of rotatable bonds is 8. The third kappa shape index (κ3) is 4.66. The Hall–Kier alpha value is -2.68. The second-order valence-corrected chi connectivity index (χ2v) is 6.72. The molecule has 0 aromatic carbocycles. The molecule has 0 aliphatic carbocycles. The van der Waals surface area contributed by atoms with E-state index < -0.39 is 17.9 Å². The first kappa shape index (κ1) is 18.7. The largest absolute Gasteiger partial charge is 0.372 e. The summed E-state index contributed by atoms with van der Waals surface area (Å²) in [5, 5.41) is 6.93. The maximum Gasteiger partial charge on any atom is 0.269 e. The Bertz CT molecular complexity index is 774. The summed E-state index contributed by atoms with van der Waals surface area (Å²) in [7, 11) is 0. The quantitative estimate of drug-likeness (QED) is 0.566. The topological polar surface area (TPSA) is 136 Å². The zero-order valence-electron chi connectivity index (χ0n) is 14.4. The van der Waals surface area contributed by atoms with E-state index in [0.717, 1.165) is 17.1 Å². The molecule has 0 saturated carbocycles. The highest BCUT2D eigenvalue weighted by atomic mass is 32.1. The summed E-state index contributed by atoms with van der Waals surface area (Å²) >= 11 is 1.28. The minimum atomic E-state index is -0.649. The van der Waals surface area contributed by atoms with Crippen LogP contribution in [0.5, 0.6) is 0 Å². The van der Waals surface area contributed by atoms with Crippen molar-refractivity contribution in [2.75, 3.05) is 10.6 Å². The number of hydrogen-bond acceptors (Lipinski definition) is 7. The maximum atomic E-state index is 11.6. The lowest BCUT2D eigenvalue weighted by atomic mass is 10.0. The second-order valence-electron chi connectivity index (χ2n) is 5.91. The van der Waals surface area contributed by atoms with Gasteiger partial charge in [0.1, 0.15) is 11.0 Å². The van der Waals surface area contributed by atoms with Gasteiger partial charge in [-0.05, 0) is 36.0 Å². The lowest BCUT2D eigenvalue weighted by Crippen LogP contribution is -2.39. The maximum absolute atomic E-state index is 11.6. The summed E-state index contributed by atoms with van der Waals surface area (Å²) in [6.45, 7) is 5.78. The van der Waals surface area contributed by atoms with E-state index in [1.165, 1.54) is 17.7 Å². The number of nitrogens with zero attached hydrogens (tertiary/aromatic N) is 2. The fourth-order valence-electron chi connectivity index (χ4n) is 2.25. The Kier molecular flexibility index (Phi) is 5.92. The molecule has 0 unspecified atom stereocenters. The Morgan fingerprint density at radius 2 is 2.00 bits per heavy atom. The zero-order valence-corrected chi connectivity index (χ0v) is 15.2. The Balaban J connectivity index is 2.32. The molecule has 0 spiro atoms. The monoisotopic (exact) mass is 362 g/mol. The number of aromatic nitrogens is 2. The molecule has 9 heteroatoms. The molecule has 0 saturated heterocycles. The second kappa shape index (κ2) is 7.93. The van der Waals surface area contributed by atoms with Crippen LogP contribution in [0.25, 0.3) is 0 Å². The summed E-state index contributed by atoms with van der Waals surface area (Å²) in [4.78, 5) is 27.3. The van der Waals surface area contributed by atoms with Crippen molar-refractivity contribution in [1.29, 1.82) is 0 Å². The molecule has 6 N–H and O–H groups in total. The standard InChI is InChI=1S/C16H22N6O2S/c1-4-9-6-12(25-22-9)21-11-5-10(7-19-14(11)16(18)24)20-13(8(2)3)15(17)23/h5-8,13,20-21H,4H2,1-3H3,(H2,17,23)(H2,18,24)/t13-/m1/s1. The van der Waals surface area contributed by atoms with Crippen LogP contribution in [0.1, 0.15) is 37.0 Å². The average Bonchev–Trinajstić information content (AvgIpc) is 2.99. The average molecular weight is 362 g/mol. The molecular weight excluding hydrogens is 340 g/mol. The first-order valence-electron chi connectivity index (χ1n) is 7.90. The van der Waals surface area contributed by atoms with Crippen LogP contribution in [0, 0.1) is 5.92 Å². The Morgan fingerprint density at radius 3 is 2.52 bits per heavy atom. The van der Waals surface area contributed by atoms with Gasteiger partial charge < -0.3 is 22.1 Å². The number of anilines is 3. The number of amides is 2. The van der Waals surface area contributed by atoms with Gasteiger partial charge in [0.25, 0.3) is 5.91 Å². The van der Waals surface area contributed by atoms with E-state index in [0.29, 0.717) is 11.4 Å². The van der Waals surface area contributed by atoms with Crippen molar-refractivity contribution in [2.45, 2.75) is 33.2 Å². The van der Waals surface area contributed by atoms with Crippen molar-refractivity contribution in [3.63, 3.8) is 0 Å². The van der Waals surface area contributed by atoms with E-state index in [-0.39, 0.29) is 11.6 Å². The van der Waals surface area contributed by atoms with Crippen LogP contribution >= 0.6 is 11.5 Å². The summed E-state index contributed by atoms with van der Waals surface area (Å²) in [5.41, 5.74) is 12.9. The molecule has 0 radical (unpaired) electrons. The van der Waals surface area contributed by atoms with Crippen molar-refractivity contribution in [1.82, 2.24) is 9.36 Å². The first-order chi connectivity index (χ1) is 11.8. The van der Waals surface area contributed by atoms with E-state index in [1.54, 1.807) is 6.07 Å². The third-order valence-corrected chi connectivity index (χ3v) is 4.34. The van der Waals surface area contributed by atoms with Gasteiger partial charge in [0, 0.05) is 0 Å². The van der Waals surface area contributed by atoms with Gasteiger partial charge in [-0.25, -0.2) is 4.98 Å². The van der Waals surface area contributed by atoms with E-state index >= 15 is 0 Å². The van der Waals surface area contributed by atoms with Crippen molar-refractivity contribution in [3.8, 4) is 0 Å². The zero-order chi connectivity index (χ0) is 18.6. The first-order valence-corrected chi connectivity index (χ1v) is 8.67. The molecule has 0 aliphatic rings. The van der Waals surface area contributed by atoms with Crippen LogP contribution in [0.15, 0.2) is 18.3 Å². The molecule has 2 aromatic heterocycles. The number of carbonyl (C=O) groups is 2. The van der Waals surface area contributed by atoms with Gasteiger partial charge in [0.15, 0.2) is 5.69 Å². The summed E-state index contributed by atoms with van der Waals surface area (Å²) in [5.74, 6) is -1.11. The fourth-order valence-corrected chi connectivity index (χ4v) is 2.99. The molecule has 2 amide bonds. The Labute approximate surface area is 150 Å². The highest BCUT2D eigenvalue weighted by molar-refractivity contribution is 7.10. The molecule has 25 heavy (non-hydrogen) atoms. The van der Waals surface area contributed by atoms with E-state index in [1.807, 2.05) is 26.8 Å². The van der Waals surface area contributed by atoms with Gasteiger partial charge >= 0.3 is 0 Å². The van der Waals surface area contributed by atoms with Gasteiger partial charge in [0.2, 0.25) is 5.91 Å². The molecular formula is C16H22N6O2S. The lowest BCUT2D eigenvalue weighted by molar-refractivity contribution is -0.119. The number of aryl methyl sites for hydroxylation is 1. The van der Waals surface area contributed by atoms with Crippen LogP contribution in [-0.4, -0.2) is 27.2 Å². The predicted octanol–water partition coefficient (Wildman–Crippen LogP) is 1.86. The van der Waals surface area contributed by atoms with Gasteiger partial charge in [-0.1, -0.05) is 20.8 Å². The van der Waals surface area contributed by atoms with E-state index in [2.05, 4.69) is 20.0 Å². The summed E-state index contributed by atoms with van der Waals surface area (Å²) in [6.07, 6.45) is 2.27. The SMILES string of the molecule is CCc1cc(Nc2cc(N[C@@H](C(N)=O)C(C)C)cnc2C(N)=O)sn1. The van der Waals surface area contributed by atoms with Crippen molar-refractivity contribution in [2.24, 2.45) is 17.4 Å². The summed E-state index contributed by atoms with van der Waals surface area (Å²) < 4.78 is 4.29. The number of nitrogens with one attached hydrogen (secondary N) is 2. The van der Waals surface area contributed by atoms with Gasteiger partial charge in [0.05, 0.1) is 23.3 Å². The number of primary amides is 2.